The van der Waals surface area contributed by atoms with Crippen molar-refractivity contribution in [3.8, 4) is 0 Å². The van der Waals surface area contributed by atoms with E-state index >= 15 is 0 Å². The Kier molecular flexibility index (Phi) is 6.84. The molecule has 2 aromatic carbocycles. The van der Waals surface area contributed by atoms with Crippen LogP contribution in [0.5, 0.6) is 0 Å². The monoisotopic (exact) mass is 394 g/mol. The maximum Gasteiger partial charge on any atom is 0.319 e. The van der Waals surface area contributed by atoms with E-state index in [0.717, 1.165) is 5.69 Å². The van der Waals surface area contributed by atoms with E-state index in [4.69, 9.17) is 0 Å². The lowest BCUT2D eigenvalue weighted by atomic mass is 10.1. The lowest BCUT2D eigenvalue weighted by Gasteiger charge is -2.33. The van der Waals surface area contributed by atoms with Gasteiger partial charge in [0.2, 0.25) is 5.91 Å². The van der Waals surface area contributed by atoms with Gasteiger partial charge in [-0.15, -0.1) is 0 Å². The first-order chi connectivity index (χ1) is 14.0. The molecule has 0 bridgehead atoms. The summed E-state index contributed by atoms with van der Waals surface area (Å²) in [5.74, 6) is -0.253. The zero-order valence-electron chi connectivity index (χ0n) is 16.5. The molecular weight excluding hydrogens is 368 g/mol. The van der Waals surface area contributed by atoms with Gasteiger partial charge in [-0.25, -0.2) is 4.79 Å². The van der Waals surface area contributed by atoms with Crippen molar-refractivity contribution in [2.24, 2.45) is 0 Å². The zero-order valence-corrected chi connectivity index (χ0v) is 16.5. The molecule has 2 aromatic rings. The minimum Gasteiger partial charge on any atom is -0.341 e. The molecule has 0 spiro atoms. The van der Waals surface area contributed by atoms with Crippen LogP contribution >= 0.6 is 0 Å². The van der Waals surface area contributed by atoms with Crippen LogP contribution in [0.3, 0.4) is 0 Å². The summed E-state index contributed by atoms with van der Waals surface area (Å²) in [4.78, 5) is 40.2. The maximum absolute atomic E-state index is 12.5. The second-order valence-corrected chi connectivity index (χ2v) is 7.15. The van der Waals surface area contributed by atoms with Gasteiger partial charge in [0.15, 0.2) is 0 Å². The number of hydrogen-bond donors (Lipinski definition) is 2. The van der Waals surface area contributed by atoms with E-state index in [9.17, 15) is 14.4 Å². The van der Waals surface area contributed by atoms with Crippen LogP contribution in [0.1, 0.15) is 23.2 Å². The number of amides is 4. The molecule has 152 valence electrons. The molecule has 1 fully saturated rings. The third-order valence-corrected chi connectivity index (χ3v) is 4.95. The number of carbonyl (C=O) groups is 3. The Morgan fingerprint density at radius 1 is 0.966 bits per heavy atom. The molecule has 1 aliphatic heterocycles. The minimum absolute atomic E-state index is 0.0199. The average molecular weight is 394 g/mol. The van der Waals surface area contributed by atoms with E-state index < -0.39 is 0 Å². The van der Waals surface area contributed by atoms with Gasteiger partial charge < -0.3 is 20.4 Å². The summed E-state index contributed by atoms with van der Waals surface area (Å²) in [6, 6.07) is 18.0. The van der Waals surface area contributed by atoms with E-state index in [2.05, 4.69) is 10.6 Å². The number of carbonyl (C=O) groups excluding carboxylic acids is 3. The zero-order chi connectivity index (χ0) is 20.6. The van der Waals surface area contributed by atoms with Crippen molar-refractivity contribution in [2.45, 2.75) is 18.9 Å². The number of anilines is 1. The van der Waals surface area contributed by atoms with Crippen LogP contribution in [0.4, 0.5) is 10.5 Å². The van der Waals surface area contributed by atoms with Crippen LogP contribution in [0.15, 0.2) is 60.7 Å². The van der Waals surface area contributed by atoms with Crippen molar-refractivity contribution in [2.75, 3.05) is 32.0 Å². The number of nitrogens with zero attached hydrogens (tertiary/aromatic N) is 2. The molecule has 0 radical (unpaired) electrons. The highest BCUT2D eigenvalue weighted by atomic mass is 16.2. The molecule has 29 heavy (non-hydrogen) atoms. The highest BCUT2D eigenvalue weighted by Gasteiger charge is 2.25. The second kappa shape index (κ2) is 9.73. The van der Waals surface area contributed by atoms with Crippen molar-refractivity contribution in [1.82, 2.24) is 15.1 Å². The Morgan fingerprint density at radius 2 is 1.55 bits per heavy atom. The quantitative estimate of drug-likeness (QED) is 0.818. The number of para-hydroxylation sites is 1. The molecule has 0 unspecified atom stereocenters. The fourth-order valence-corrected chi connectivity index (χ4v) is 3.32. The van der Waals surface area contributed by atoms with Crippen LogP contribution in [-0.4, -0.2) is 60.4 Å². The summed E-state index contributed by atoms with van der Waals surface area (Å²) in [7, 11) is 1.63. The molecule has 0 aliphatic carbocycles. The van der Waals surface area contributed by atoms with Gasteiger partial charge in [-0.2, -0.15) is 0 Å². The molecule has 0 aromatic heterocycles. The van der Waals surface area contributed by atoms with Crippen LogP contribution in [0, 0.1) is 0 Å². The van der Waals surface area contributed by atoms with E-state index in [-0.39, 0.29) is 30.4 Å². The topological polar surface area (TPSA) is 81.8 Å². The Morgan fingerprint density at radius 3 is 2.17 bits per heavy atom. The van der Waals surface area contributed by atoms with Crippen molar-refractivity contribution >= 4 is 23.5 Å². The third-order valence-electron chi connectivity index (χ3n) is 4.95. The standard InChI is InChI=1S/C22H26N4O3/c1-25(21(28)17-8-4-2-5-9-17)16-20(27)26-14-12-19(13-15-26)24-22(29)23-18-10-6-3-7-11-18/h2-11,19H,12-16H2,1H3,(H2,23,24,29). The molecule has 1 aliphatic rings. The summed E-state index contributed by atoms with van der Waals surface area (Å²) in [5.41, 5.74) is 1.30. The Bertz CT molecular complexity index is 834. The van der Waals surface area contributed by atoms with Crippen LogP contribution < -0.4 is 10.6 Å². The first-order valence-corrected chi connectivity index (χ1v) is 9.74. The highest BCUT2D eigenvalue weighted by Crippen LogP contribution is 2.12. The van der Waals surface area contributed by atoms with Crippen molar-refractivity contribution in [3.05, 3.63) is 66.2 Å². The van der Waals surface area contributed by atoms with Crippen LogP contribution in [-0.2, 0) is 4.79 Å². The SMILES string of the molecule is CN(CC(=O)N1CCC(NC(=O)Nc2ccccc2)CC1)C(=O)c1ccccc1. The number of hydrogen-bond acceptors (Lipinski definition) is 3. The first kappa shape index (κ1) is 20.4. The van der Waals surface area contributed by atoms with Gasteiger partial charge in [-0.1, -0.05) is 36.4 Å². The van der Waals surface area contributed by atoms with Crippen LogP contribution in [0.2, 0.25) is 0 Å². The van der Waals surface area contributed by atoms with E-state index in [1.807, 2.05) is 36.4 Å². The summed E-state index contributed by atoms with van der Waals surface area (Å²) >= 11 is 0. The van der Waals surface area contributed by atoms with Crippen LogP contribution in [0.25, 0.3) is 0 Å². The fourth-order valence-electron chi connectivity index (χ4n) is 3.32. The number of likely N-dealkylation sites (N-methyl/N-ethyl adjacent to an activating group) is 1. The second-order valence-electron chi connectivity index (χ2n) is 7.15. The number of likely N-dealkylation sites (tertiary alicyclic amines) is 1. The Hall–Kier alpha value is -3.35. The number of rotatable bonds is 5. The minimum atomic E-state index is -0.242. The van der Waals surface area contributed by atoms with Gasteiger partial charge in [0.05, 0.1) is 6.54 Å². The highest BCUT2D eigenvalue weighted by molar-refractivity contribution is 5.96. The molecular formula is C22H26N4O3. The molecule has 7 nitrogen and oxygen atoms in total. The molecule has 1 heterocycles. The summed E-state index contributed by atoms with van der Waals surface area (Å²) < 4.78 is 0. The Labute approximate surface area is 170 Å². The number of urea groups is 1. The number of nitrogens with one attached hydrogen (secondary N) is 2. The normalized spacial score (nSPS) is 14.2. The van der Waals surface area contributed by atoms with Gasteiger partial charge in [0, 0.05) is 37.4 Å². The summed E-state index contributed by atoms with van der Waals surface area (Å²) in [6.45, 7) is 1.16. The molecule has 7 heteroatoms. The summed E-state index contributed by atoms with van der Waals surface area (Å²) in [5, 5.41) is 5.76. The van der Waals surface area contributed by atoms with E-state index in [0.29, 0.717) is 31.5 Å². The largest absolute Gasteiger partial charge is 0.341 e. The molecule has 3 rings (SSSR count). The first-order valence-electron chi connectivity index (χ1n) is 9.74. The van der Waals surface area contributed by atoms with Gasteiger partial charge in [-0.3, -0.25) is 9.59 Å². The smallest absolute Gasteiger partial charge is 0.319 e. The number of piperidine rings is 1. The predicted molar refractivity (Wildman–Crippen MR) is 112 cm³/mol. The average Bonchev–Trinajstić information content (AvgIpc) is 2.75. The molecule has 2 N–H and O–H groups in total. The maximum atomic E-state index is 12.5. The van der Waals surface area contributed by atoms with Crippen molar-refractivity contribution in [1.29, 1.82) is 0 Å². The molecule has 0 atom stereocenters. The Balaban J connectivity index is 1.42. The molecule has 0 saturated carbocycles. The molecule has 1 saturated heterocycles. The van der Waals surface area contributed by atoms with Gasteiger partial charge in [0.25, 0.3) is 5.91 Å². The van der Waals surface area contributed by atoms with Crippen molar-refractivity contribution < 1.29 is 14.4 Å². The fraction of sp³-hybridized carbons (Fsp3) is 0.318. The van der Waals surface area contributed by atoms with Gasteiger partial charge >= 0.3 is 6.03 Å². The number of benzene rings is 2. The van der Waals surface area contributed by atoms with E-state index in [1.165, 1.54) is 4.90 Å². The molecule has 4 amide bonds. The lowest BCUT2D eigenvalue weighted by molar-refractivity contribution is -0.132. The van der Waals surface area contributed by atoms with Gasteiger partial charge in [0.1, 0.15) is 0 Å². The summed E-state index contributed by atoms with van der Waals surface area (Å²) in [6.07, 6.45) is 1.37. The third kappa shape index (κ3) is 5.81. The van der Waals surface area contributed by atoms with Crippen molar-refractivity contribution in [3.63, 3.8) is 0 Å². The predicted octanol–water partition coefficient (Wildman–Crippen LogP) is 2.57. The lowest BCUT2D eigenvalue weighted by Crippen LogP contribution is -2.49. The van der Waals surface area contributed by atoms with Gasteiger partial charge in [-0.05, 0) is 37.1 Å². The van der Waals surface area contributed by atoms with E-state index in [1.54, 1.807) is 36.2 Å².